The second-order valence-electron chi connectivity index (χ2n) is 5.61. The van der Waals surface area contributed by atoms with Crippen LogP contribution in [0.25, 0.3) is 0 Å². The van der Waals surface area contributed by atoms with Crippen molar-refractivity contribution < 1.29 is 4.79 Å². The Bertz CT molecular complexity index is 573. The van der Waals surface area contributed by atoms with Crippen LogP contribution in [0.1, 0.15) is 46.4 Å². The molecule has 0 radical (unpaired) electrons. The lowest BCUT2D eigenvalue weighted by atomic mass is 9.95. The third kappa shape index (κ3) is 2.70. The van der Waals surface area contributed by atoms with Crippen molar-refractivity contribution in [3.05, 3.63) is 57.3 Å². The van der Waals surface area contributed by atoms with Gasteiger partial charge in [0.1, 0.15) is 0 Å². The highest BCUT2D eigenvalue weighted by Crippen LogP contribution is 2.30. The monoisotopic (exact) mass is 258 g/mol. The lowest BCUT2D eigenvalue weighted by Crippen LogP contribution is -2.08. The van der Waals surface area contributed by atoms with Gasteiger partial charge in [-0.2, -0.15) is 0 Å². The second-order valence-corrected chi connectivity index (χ2v) is 6.70. The van der Waals surface area contributed by atoms with Crippen molar-refractivity contribution in [1.82, 2.24) is 0 Å². The van der Waals surface area contributed by atoms with Gasteiger partial charge in [-0.3, -0.25) is 4.79 Å². The van der Waals surface area contributed by atoms with Crippen LogP contribution in [0, 0.1) is 6.92 Å². The third-order valence-corrected chi connectivity index (χ3v) is 4.36. The molecule has 0 amide bonds. The SMILES string of the molecule is Cc1cccc(C(=O)c2ccc(C(C)(C)C)s2)c1. The zero-order chi connectivity index (χ0) is 13.3. The van der Waals surface area contributed by atoms with Crippen molar-refractivity contribution in [3.63, 3.8) is 0 Å². The number of carbonyl (C=O) groups is 1. The molecule has 1 aromatic heterocycles. The molecular formula is C16H18OS. The quantitative estimate of drug-likeness (QED) is 0.720. The van der Waals surface area contributed by atoms with Gasteiger partial charge >= 0.3 is 0 Å². The number of aryl methyl sites for hydroxylation is 1. The number of carbonyl (C=O) groups excluding carboxylic acids is 1. The summed E-state index contributed by atoms with van der Waals surface area (Å²) in [6.07, 6.45) is 0. The largest absolute Gasteiger partial charge is 0.288 e. The Labute approximate surface area is 112 Å². The van der Waals surface area contributed by atoms with Gasteiger partial charge in [-0.15, -0.1) is 11.3 Å². The van der Waals surface area contributed by atoms with Crippen LogP contribution in [0.4, 0.5) is 0 Å². The average Bonchev–Trinajstić information content (AvgIpc) is 2.77. The van der Waals surface area contributed by atoms with E-state index in [0.717, 1.165) is 16.0 Å². The first-order chi connectivity index (χ1) is 8.38. The molecule has 0 unspecified atom stereocenters. The maximum Gasteiger partial charge on any atom is 0.202 e. The molecule has 0 aliphatic rings. The molecule has 0 saturated carbocycles. The van der Waals surface area contributed by atoms with E-state index in [1.165, 1.54) is 4.88 Å². The summed E-state index contributed by atoms with van der Waals surface area (Å²) in [5, 5.41) is 0. The molecule has 2 heteroatoms. The Hall–Kier alpha value is -1.41. The zero-order valence-electron chi connectivity index (χ0n) is 11.3. The first-order valence-corrected chi connectivity index (χ1v) is 6.91. The fraction of sp³-hybridized carbons (Fsp3) is 0.312. The van der Waals surface area contributed by atoms with E-state index in [0.29, 0.717) is 0 Å². The van der Waals surface area contributed by atoms with E-state index >= 15 is 0 Å². The van der Waals surface area contributed by atoms with Crippen LogP contribution in [0.3, 0.4) is 0 Å². The van der Waals surface area contributed by atoms with Gasteiger partial charge in [0.15, 0.2) is 0 Å². The summed E-state index contributed by atoms with van der Waals surface area (Å²) in [5.74, 6) is 0.124. The second kappa shape index (κ2) is 4.69. The molecule has 18 heavy (non-hydrogen) atoms. The van der Waals surface area contributed by atoms with E-state index in [9.17, 15) is 4.79 Å². The highest BCUT2D eigenvalue weighted by molar-refractivity contribution is 7.14. The van der Waals surface area contributed by atoms with E-state index in [1.807, 2.05) is 37.3 Å². The molecule has 1 heterocycles. The van der Waals surface area contributed by atoms with Crippen molar-refractivity contribution in [2.45, 2.75) is 33.1 Å². The minimum atomic E-state index is 0.107. The molecule has 0 aliphatic carbocycles. The van der Waals surface area contributed by atoms with E-state index < -0.39 is 0 Å². The minimum Gasteiger partial charge on any atom is -0.288 e. The molecule has 1 aromatic carbocycles. The fourth-order valence-electron chi connectivity index (χ4n) is 1.79. The molecule has 0 atom stereocenters. The van der Waals surface area contributed by atoms with Crippen molar-refractivity contribution >= 4 is 17.1 Å². The first kappa shape index (κ1) is 13.0. The Balaban J connectivity index is 2.33. The van der Waals surface area contributed by atoms with Crippen molar-refractivity contribution in [2.75, 3.05) is 0 Å². The highest BCUT2D eigenvalue weighted by atomic mass is 32.1. The molecule has 0 bridgehead atoms. The van der Waals surface area contributed by atoms with Gasteiger partial charge in [-0.05, 0) is 30.5 Å². The smallest absolute Gasteiger partial charge is 0.202 e. The predicted octanol–water partition coefficient (Wildman–Crippen LogP) is 4.59. The third-order valence-electron chi connectivity index (χ3n) is 2.85. The van der Waals surface area contributed by atoms with Gasteiger partial charge in [-0.1, -0.05) is 44.5 Å². The van der Waals surface area contributed by atoms with Gasteiger partial charge in [0.25, 0.3) is 0 Å². The van der Waals surface area contributed by atoms with Crippen LogP contribution in [0.5, 0.6) is 0 Å². The van der Waals surface area contributed by atoms with Crippen LogP contribution >= 0.6 is 11.3 Å². The molecule has 94 valence electrons. The van der Waals surface area contributed by atoms with E-state index in [1.54, 1.807) is 11.3 Å². The van der Waals surface area contributed by atoms with Crippen LogP contribution in [-0.2, 0) is 5.41 Å². The van der Waals surface area contributed by atoms with Crippen LogP contribution < -0.4 is 0 Å². The number of ketones is 1. The number of hydrogen-bond donors (Lipinski definition) is 0. The molecule has 2 aromatic rings. The number of benzene rings is 1. The zero-order valence-corrected chi connectivity index (χ0v) is 12.1. The number of thiophene rings is 1. The predicted molar refractivity (Wildman–Crippen MR) is 77.6 cm³/mol. The Morgan fingerprint density at radius 2 is 1.83 bits per heavy atom. The minimum absolute atomic E-state index is 0.107. The first-order valence-electron chi connectivity index (χ1n) is 6.09. The molecule has 0 aliphatic heterocycles. The summed E-state index contributed by atoms with van der Waals surface area (Å²) in [6, 6.07) is 11.8. The van der Waals surface area contributed by atoms with E-state index in [-0.39, 0.29) is 11.2 Å². The summed E-state index contributed by atoms with van der Waals surface area (Å²) >= 11 is 1.60. The summed E-state index contributed by atoms with van der Waals surface area (Å²) in [4.78, 5) is 14.4. The summed E-state index contributed by atoms with van der Waals surface area (Å²) < 4.78 is 0. The van der Waals surface area contributed by atoms with Gasteiger partial charge in [0.05, 0.1) is 4.88 Å². The van der Waals surface area contributed by atoms with E-state index in [4.69, 9.17) is 0 Å². The Morgan fingerprint density at radius 3 is 2.39 bits per heavy atom. The highest BCUT2D eigenvalue weighted by Gasteiger charge is 2.19. The lowest BCUT2D eigenvalue weighted by Gasteiger charge is -2.15. The molecule has 0 fully saturated rings. The van der Waals surface area contributed by atoms with Gasteiger partial charge < -0.3 is 0 Å². The molecule has 0 spiro atoms. The van der Waals surface area contributed by atoms with Gasteiger partial charge in [0, 0.05) is 10.4 Å². The maximum absolute atomic E-state index is 12.3. The summed E-state index contributed by atoms with van der Waals surface area (Å²) in [7, 11) is 0. The van der Waals surface area contributed by atoms with E-state index in [2.05, 4.69) is 26.8 Å². The summed E-state index contributed by atoms with van der Waals surface area (Å²) in [5.41, 5.74) is 2.00. The Kier molecular flexibility index (Phi) is 3.40. The molecule has 1 nitrogen and oxygen atoms in total. The molecule has 0 saturated heterocycles. The average molecular weight is 258 g/mol. The standard InChI is InChI=1S/C16H18OS/c1-11-6-5-7-12(10-11)15(17)13-8-9-14(18-13)16(2,3)4/h5-10H,1-4H3. The maximum atomic E-state index is 12.3. The van der Waals surface area contributed by atoms with Crippen molar-refractivity contribution in [3.8, 4) is 0 Å². The van der Waals surface area contributed by atoms with Crippen LogP contribution in [0.2, 0.25) is 0 Å². The normalized spacial score (nSPS) is 11.6. The summed E-state index contributed by atoms with van der Waals surface area (Å²) in [6.45, 7) is 8.51. The van der Waals surface area contributed by atoms with Crippen molar-refractivity contribution in [1.29, 1.82) is 0 Å². The number of rotatable bonds is 2. The van der Waals surface area contributed by atoms with Crippen LogP contribution in [0.15, 0.2) is 36.4 Å². The molecular weight excluding hydrogens is 240 g/mol. The fourth-order valence-corrected chi connectivity index (χ4v) is 2.82. The lowest BCUT2D eigenvalue weighted by molar-refractivity contribution is 0.104. The van der Waals surface area contributed by atoms with Crippen molar-refractivity contribution in [2.24, 2.45) is 0 Å². The Morgan fingerprint density at radius 1 is 1.11 bits per heavy atom. The topological polar surface area (TPSA) is 17.1 Å². The molecule has 0 N–H and O–H groups in total. The van der Waals surface area contributed by atoms with Crippen LogP contribution in [-0.4, -0.2) is 5.78 Å². The number of hydrogen-bond acceptors (Lipinski definition) is 2. The van der Waals surface area contributed by atoms with Gasteiger partial charge in [0.2, 0.25) is 5.78 Å². The molecule has 2 rings (SSSR count). The van der Waals surface area contributed by atoms with Gasteiger partial charge in [-0.25, -0.2) is 0 Å².